The molecule has 4 nitrogen and oxygen atoms in total. The fraction of sp³-hybridized carbons (Fsp3) is 0.316. The summed E-state index contributed by atoms with van der Waals surface area (Å²) in [5.41, 5.74) is 1.45. The summed E-state index contributed by atoms with van der Waals surface area (Å²) in [7, 11) is 0. The smallest absolute Gasteiger partial charge is 0.251 e. The molecule has 0 aliphatic carbocycles. The van der Waals surface area contributed by atoms with Gasteiger partial charge in [-0.3, -0.25) is 4.79 Å². The number of carbonyl (C=O) groups excluding carboxylic acids is 1. The molecule has 1 unspecified atom stereocenters. The van der Waals surface area contributed by atoms with Gasteiger partial charge in [0, 0.05) is 23.7 Å². The summed E-state index contributed by atoms with van der Waals surface area (Å²) >= 11 is 6.10. The van der Waals surface area contributed by atoms with Crippen LogP contribution in [0.3, 0.4) is 0 Å². The lowest BCUT2D eigenvalue weighted by atomic mass is 10.2. The largest absolute Gasteiger partial charge is 0.491 e. The standard InChI is InChI=1S/C19H20ClNO3/c20-18-9-2-1-5-15(18)12-21-19(22)14-6-3-7-16(11-14)24-13-17-8-4-10-23-17/h1-3,5-7,9,11,17H,4,8,10,12-13H2,(H,21,22). The van der Waals surface area contributed by atoms with Gasteiger partial charge in [-0.2, -0.15) is 0 Å². The molecular formula is C19H20ClNO3. The summed E-state index contributed by atoms with van der Waals surface area (Å²) in [6.45, 7) is 1.71. The van der Waals surface area contributed by atoms with Crippen LogP contribution in [-0.2, 0) is 11.3 Å². The molecule has 1 heterocycles. The second-order valence-electron chi connectivity index (χ2n) is 5.75. The van der Waals surface area contributed by atoms with Crippen LogP contribution in [0.25, 0.3) is 0 Å². The van der Waals surface area contributed by atoms with Crippen molar-refractivity contribution in [1.82, 2.24) is 5.32 Å². The minimum atomic E-state index is -0.155. The van der Waals surface area contributed by atoms with E-state index < -0.39 is 0 Å². The normalized spacial score (nSPS) is 16.8. The van der Waals surface area contributed by atoms with Crippen molar-refractivity contribution < 1.29 is 14.3 Å². The third-order valence-electron chi connectivity index (χ3n) is 3.95. The quantitative estimate of drug-likeness (QED) is 0.865. The molecule has 1 N–H and O–H groups in total. The number of rotatable bonds is 6. The fourth-order valence-corrected chi connectivity index (χ4v) is 2.81. The lowest BCUT2D eigenvalue weighted by molar-refractivity contribution is 0.0679. The van der Waals surface area contributed by atoms with Crippen LogP contribution in [0.1, 0.15) is 28.8 Å². The van der Waals surface area contributed by atoms with Gasteiger partial charge < -0.3 is 14.8 Å². The van der Waals surface area contributed by atoms with Crippen LogP contribution >= 0.6 is 11.6 Å². The van der Waals surface area contributed by atoms with Gasteiger partial charge in [0.2, 0.25) is 0 Å². The number of hydrogen-bond acceptors (Lipinski definition) is 3. The number of ether oxygens (including phenoxy) is 2. The second-order valence-corrected chi connectivity index (χ2v) is 6.16. The maximum absolute atomic E-state index is 12.3. The molecule has 2 aromatic carbocycles. The zero-order valence-corrected chi connectivity index (χ0v) is 14.1. The summed E-state index contributed by atoms with van der Waals surface area (Å²) in [6.07, 6.45) is 2.26. The molecule has 2 aromatic rings. The number of hydrogen-bond donors (Lipinski definition) is 1. The summed E-state index contributed by atoms with van der Waals surface area (Å²) < 4.78 is 11.3. The molecule has 1 aliphatic heterocycles. The molecule has 0 aromatic heterocycles. The van der Waals surface area contributed by atoms with Crippen LogP contribution in [0.4, 0.5) is 0 Å². The van der Waals surface area contributed by atoms with E-state index in [0.29, 0.717) is 29.5 Å². The summed E-state index contributed by atoms with van der Waals surface area (Å²) in [5.74, 6) is 0.522. The molecule has 126 valence electrons. The molecule has 0 saturated carbocycles. The van der Waals surface area contributed by atoms with E-state index in [0.717, 1.165) is 25.0 Å². The van der Waals surface area contributed by atoms with Gasteiger partial charge in [0.15, 0.2) is 0 Å². The number of amides is 1. The minimum absolute atomic E-state index is 0.155. The molecule has 1 aliphatic rings. The van der Waals surface area contributed by atoms with Gasteiger partial charge in [0.05, 0.1) is 6.10 Å². The van der Waals surface area contributed by atoms with E-state index in [-0.39, 0.29) is 12.0 Å². The number of halogens is 1. The Kier molecular flexibility index (Phi) is 5.72. The predicted molar refractivity (Wildman–Crippen MR) is 93.5 cm³/mol. The molecule has 3 rings (SSSR count). The van der Waals surface area contributed by atoms with Crippen LogP contribution < -0.4 is 10.1 Å². The highest BCUT2D eigenvalue weighted by molar-refractivity contribution is 6.31. The van der Waals surface area contributed by atoms with Gasteiger partial charge in [0.1, 0.15) is 12.4 Å². The summed E-state index contributed by atoms with van der Waals surface area (Å²) in [4.78, 5) is 12.3. The van der Waals surface area contributed by atoms with Crippen LogP contribution in [0.15, 0.2) is 48.5 Å². The van der Waals surface area contributed by atoms with Gasteiger partial charge in [-0.05, 0) is 42.7 Å². The number of carbonyl (C=O) groups is 1. The summed E-state index contributed by atoms with van der Waals surface area (Å²) in [5, 5.41) is 3.52. The molecule has 0 bridgehead atoms. The molecule has 1 fully saturated rings. The Labute approximate surface area is 146 Å². The van der Waals surface area contributed by atoms with E-state index in [1.54, 1.807) is 12.1 Å². The van der Waals surface area contributed by atoms with Crippen molar-refractivity contribution in [2.75, 3.05) is 13.2 Å². The first kappa shape index (κ1) is 16.8. The Morgan fingerprint density at radius 1 is 1.25 bits per heavy atom. The van der Waals surface area contributed by atoms with E-state index in [1.165, 1.54) is 0 Å². The van der Waals surface area contributed by atoms with E-state index in [2.05, 4.69) is 5.32 Å². The maximum Gasteiger partial charge on any atom is 0.251 e. The topological polar surface area (TPSA) is 47.6 Å². The number of nitrogens with one attached hydrogen (secondary N) is 1. The molecule has 0 radical (unpaired) electrons. The molecule has 1 atom stereocenters. The predicted octanol–water partition coefficient (Wildman–Crippen LogP) is 3.83. The monoisotopic (exact) mass is 345 g/mol. The summed E-state index contributed by atoms with van der Waals surface area (Å²) in [6, 6.07) is 14.6. The van der Waals surface area contributed by atoms with E-state index in [4.69, 9.17) is 21.1 Å². The molecular weight excluding hydrogens is 326 g/mol. The van der Waals surface area contributed by atoms with Crippen molar-refractivity contribution in [3.63, 3.8) is 0 Å². The fourth-order valence-electron chi connectivity index (χ4n) is 2.61. The average molecular weight is 346 g/mol. The van der Waals surface area contributed by atoms with Crippen molar-refractivity contribution >= 4 is 17.5 Å². The molecule has 0 spiro atoms. The Bertz CT molecular complexity index is 699. The zero-order valence-electron chi connectivity index (χ0n) is 13.3. The van der Waals surface area contributed by atoms with Gasteiger partial charge in [-0.15, -0.1) is 0 Å². The van der Waals surface area contributed by atoms with Gasteiger partial charge >= 0.3 is 0 Å². The van der Waals surface area contributed by atoms with Crippen molar-refractivity contribution in [2.45, 2.75) is 25.5 Å². The van der Waals surface area contributed by atoms with Crippen LogP contribution in [0, 0.1) is 0 Å². The van der Waals surface area contributed by atoms with Gasteiger partial charge in [-0.1, -0.05) is 35.9 Å². The minimum Gasteiger partial charge on any atom is -0.491 e. The lowest BCUT2D eigenvalue weighted by Gasteiger charge is -2.12. The first-order chi connectivity index (χ1) is 11.7. The van der Waals surface area contributed by atoms with Crippen molar-refractivity contribution in [1.29, 1.82) is 0 Å². The van der Waals surface area contributed by atoms with Crippen LogP contribution in [0.2, 0.25) is 5.02 Å². The molecule has 5 heteroatoms. The molecule has 1 amide bonds. The number of benzene rings is 2. The Balaban J connectivity index is 1.56. The highest BCUT2D eigenvalue weighted by atomic mass is 35.5. The third kappa shape index (κ3) is 4.49. The van der Waals surface area contributed by atoms with Gasteiger partial charge in [0.25, 0.3) is 5.91 Å². The third-order valence-corrected chi connectivity index (χ3v) is 4.32. The Hall–Kier alpha value is -2.04. The van der Waals surface area contributed by atoms with Gasteiger partial charge in [-0.25, -0.2) is 0 Å². The zero-order chi connectivity index (χ0) is 16.8. The highest BCUT2D eigenvalue weighted by Crippen LogP contribution is 2.18. The van der Waals surface area contributed by atoms with Crippen molar-refractivity contribution in [3.8, 4) is 5.75 Å². The molecule has 24 heavy (non-hydrogen) atoms. The van der Waals surface area contributed by atoms with E-state index in [1.807, 2.05) is 36.4 Å². The first-order valence-electron chi connectivity index (χ1n) is 8.08. The van der Waals surface area contributed by atoms with Crippen LogP contribution in [0.5, 0.6) is 5.75 Å². The Morgan fingerprint density at radius 3 is 2.92 bits per heavy atom. The van der Waals surface area contributed by atoms with E-state index in [9.17, 15) is 4.79 Å². The second kappa shape index (κ2) is 8.18. The maximum atomic E-state index is 12.3. The lowest BCUT2D eigenvalue weighted by Crippen LogP contribution is -2.23. The Morgan fingerprint density at radius 2 is 2.12 bits per heavy atom. The van der Waals surface area contributed by atoms with Crippen molar-refractivity contribution in [3.05, 3.63) is 64.7 Å². The van der Waals surface area contributed by atoms with Crippen molar-refractivity contribution in [2.24, 2.45) is 0 Å². The molecule has 1 saturated heterocycles. The van der Waals surface area contributed by atoms with Crippen LogP contribution in [-0.4, -0.2) is 25.2 Å². The first-order valence-corrected chi connectivity index (χ1v) is 8.46. The SMILES string of the molecule is O=C(NCc1ccccc1Cl)c1cccc(OCC2CCCO2)c1. The highest BCUT2D eigenvalue weighted by Gasteiger charge is 2.16. The van der Waals surface area contributed by atoms with E-state index >= 15 is 0 Å². The average Bonchev–Trinajstić information content (AvgIpc) is 3.13.